The fourth-order valence-electron chi connectivity index (χ4n) is 5.75. The quantitative estimate of drug-likeness (QED) is 0.352. The summed E-state index contributed by atoms with van der Waals surface area (Å²) in [6.07, 6.45) is 9.75. The SMILES string of the molecule is N#Cc1ccccc1Cn1cc(C=NN2C(=O)C3C4C=CC(CC4)C3C2=O)c2ccccc21. The van der Waals surface area contributed by atoms with Gasteiger partial charge in [0.2, 0.25) is 0 Å². The Labute approximate surface area is 191 Å². The smallest absolute Gasteiger partial charge is 0.254 e. The predicted octanol–water partition coefficient (Wildman–Crippen LogP) is 4.09. The number of carbonyl (C=O) groups excluding carboxylic acids is 2. The second-order valence-electron chi connectivity index (χ2n) is 9.07. The molecular formula is C27H22N4O2. The average Bonchev–Trinajstić information content (AvgIpc) is 3.34. The van der Waals surface area contributed by atoms with Crippen molar-refractivity contribution in [1.82, 2.24) is 9.58 Å². The van der Waals surface area contributed by atoms with Crippen molar-refractivity contribution in [2.75, 3.05) is 0 Å². The maximum absolute atomic E-state index is 13.1. The maximum atomic E-state index is 13.1. The molecule has 2 amide bonds. The highest BCUT2D eigenvalue weighted by atomic mass is 16.2. The zero-order valence-electron chi connectivity index (χ0n) is 18.0. The summed E-state index contributed by atoms with van der Waals surface area (Å²) in [5, 5.41) is 15.9. The predicted molar refractivity (Wildman–Crippen MR) is 124 cm³/mol. The van der Waals surface area contributed by atoms with Gasteiger partial charge in [0.1, 0.15) is 0 Å². The number of nitrogens with zero attached hydrogens (tertiary/aromatic N) is 4. The van der Waals surface area contributed by atoms with Crippen molar-refractivity contribution in [3.8, 4) is 6.07 Å². The van der Waals surface area contributed by atoms with E-state index in [1.54, 1.807) is 6.21 Å². The van der Waals surface area contributed by atoms with Crippen LogP contribution in [0.4, 0.5) is 0 Å². The van der Waals surface area contributed by atoms with Gasteiger partial charge in [0, 0.05) is 29.2 Å². The van der Waals surface area contributed by atoms with Crippen molar-refractivity contribution in [1.29, 1.82) is 5.26 Å². The van der Waals surface area contributed by atoms with Gasteiger partial charge >= 0.3 is 0 Å². The van der Waals surface area contributed by atoms with Crippen molar-refractivity contribution in [2.45, 2.75) is 19.4 Å². The lowest BCUT2D eigenvalue weighted by atomic mass is 9.63. The molecule has 1 saturated heterocycles. The molecule has 162 valence electrons. The van der Waals surface area contributed by atoms with E-state index in [0.29, 0.717) is 12.1 Å². The molecule has 1 aromatic heterocycles. The van der Waals surface area contributed by atoms with Gasteiger partial charge in [0.15, 0.2) is 0 Å². The van der Waals surface area contributed by atoms with Gasteiger partial charge in [0.05, 0.1) is 29.7 Å². The highest BCUT2D eigenvalue weighted by Gasteiger charge is 2.56. The lowest BCUT2D eigenvalue weighted by Crippen LogP contribution is -2.38. The molecule has 3 aromatic rings. The van der Waals surface area contributed by atoms with E-state index < -0.39 is 0 Å². The molecule has 4 aliphatic rings. The van der Waals surface area contributed by atoms with E-state index in [1.165, 1.54) is 0 Å². The number of para-hydroxylation sites is 1. The number of imide groups is 1. The summed E-state index contributed by atoms with van der Waals surface area (Å²) < 4.78 is 2.07. The molecular weight excluding hydrogens is 412 g/mol. The third-order valence-corrected chi connectivity index (χ3v) is 7.35. The molecule has 1 aliphatic heterocycles. The summed E-state index contributed by atoms with van der Waals surface area (Å²) in [6.45, 7) is 0.541. The topological polar surface area (TPSA) is 78.5 Å². The van der Waals surface area contributed by atoms with Crippen LogP contribution in [-0.2, 0) is 16.1 Å². The van der Waals surface area contributed by atoms with E-state index in [9.17, 15) is 14.9 Å². The first-order chi connectivity index (χ1) is 16.2. The number of nitriles is 1. The molecule has 7 rings (SSSR count). The number of fused-ring (bicyclic) bond motifs is 2. The minimum atomic E-state index is -0.262. The van der Waals surface area contributed by atoms with Crippen LogP contribution < -0.4 is 0 Å². The molecule has 4 atom stereocenters. The summed E-state index contributed by atoms with van der Waals surface area (Å²) in [6, 6.07) is 17.7. The summed E-state index contributed by atoms with van der Waals surface area (Å²) in [5.74, 6) is -0.569. The molecule has 6 nitrogen and oxygen atoms in total. The monoisotopic (exact) mass is 434 g/mol. The van der Waals surface area contributed by atoms with E-state index in [0.717, 1.165) is 39.9 Å². The number of carbonyl (C=O) groups is 2. The van der Waals surface area contributed by atoms with Crippen LogP contribution in [0.2, 0.25) is 0 Å². The fourth-order valence-corrected chi connectivity index (χ4v) is 5.75. The fraction of sp³-hybridized carbons (Fsp3) is 0.259. The Balaban J connectivity index is 1.33. The molecule has 0 radical (unpaired) electrons. The van der Waals surface area contributed by atoms with Crippen LogP contribution in [0.25, 0.3) is 10.9 Å². The van der Waals surface area contributed by atoms with E-state index in [4.69, 9.17) is 0 Å². The zero-order valence-corrected chi connectivity index (χ0v) is 18.0. The lowest BCUT2D eigenvalue weighted by Gasteiger charge is -2.37. The van der Waals surface area contributed by atoms with Crippen LogP contribution in [0.1, 0.15) is 29.5 Å². The highest BCUT2D eigenvalue weighted by Crippen LogP contribution is 2.49. The van der Waals surface area contributed by atoms with Crippen molar-refractivity contribution in [2.24, 2.45) is 28.8 Å². The van der Waals surface area contributed by atoms with Crippen molar-refractivity contribution < 1.29 is 9.59 Å². The number of rotatable bonds is 4. The van der Waals surface area contributed by atoms with E-state index in [-0.39, 0.29) is 35.5 Å². The summed E-state index contributed by atoms with van der Waals surface area (Å²) >= 11 is 0. The van der Waals surface area contributed by atoms with Gasteiger partial charge in [-0.1, -0.05) is 48.6 Å². The molecule has 2 aromatic carbocycles. The normalized spacial score (nSPS) is 25.8. The van der Waals surface area contributed by atoms with Crippen LogP contribution >= 0.6 is 0 Å². The average molecular weight is 434 g/mol. The number of amides is 2. The van der Waals surface area contributed by atoms with Gasteiger partial charge in [-0.05, 0) is 42.4 Å². The van der Waals surface area contributed by atoms with E-state index in [2.05, 4.69) is 27.9 Å². The summed E-state index contributed by atoms with van der Waals surface area (Å²) in [4.78, 5) is 26.1. The number of hydrazone groups is 1. The second kappa shape index (κ2) is 7.56. The first kappa shape index (κ1) is 19.7. The molecule has 1 saturated carbocycles. The summed E-state index contributed by atoms with van der Waals surface area (Å²) in [5.41, 5.74) is 3.41. The van der Waals surface area contributed by atoms with Crippen molar-refractivity contribution >= 4 is 28.9 Å². The Kier molecular flexibility index (Phi) is 4.51. The molecule has 0 spiro atoms. The van der Waals surface area contributed by atoms with Gasteiger partial charge in [-0.2, -0.15) is 15.4 Å². The van der Waals surface area contributed by atoms with Gasteiger partial charge in [-0.3, -0.25) is 9.59 Å². The number of aromatic nitrogens is 1. The number of allylic oxidation sites excluding steroid dienone is 2. The van der Waals surface area contributed by atoms with E-state index >= 15 is 0 Å². The minimum absolute atomic E-state index is 0.152. The number of hydrogen-bond donors (Lipinski definition) is 0. The minimum Gasteiger partial charge on any atom is -0.342 e. The van der Waals surface area contributed by atoms with Crippen LogP contribution in [-0.4, -0.2) is 27.6 Å². The van der Waals surface area contributed by atoms with Gasteiger partial charge in [-0.15, -0.1) is 0 Å². The van der Waals surface area contributed by atoms with Crippen LogP contribution in [0.3, 0.4) is 0 Å². The van der Waals surface area contributed by atoms with Crippen LogP contribution in [0.5, 0.6) is 0 Å². The van der Waals surface area contributed by atoms with Gasteiger partial charge in [-0.25, -0.2) is 0 Å². The standard InChI is InChI=1S/C27H22N4O2/c28-13-19-5-1-2-6-20(19)15-30-16-21(22-7-3-4-8-23(22)30)14-29-31-26(32)24-17-9-10-18(12-11-17)25(24)27(31)33/h1-10,14,16-18,24-25H,11-12,15H2. The highest BCUT2D eigenvalue weighted by molar-refractivity contribution is 6.07. The van der Waals surface area contributed by atoms with Crippen molar-refractivity contribution in [3.63, 3.8) is 0 Å². The van der Waals surface area contributed by atoms with Crippen LogP contribution in [0.15, 0.2) is 72.0 Å². The third-order valence-electron chi connectivity index (χ3n) is 7.35. The molecule has 4 unspecified atom stereocenters. The Morgan fingerprint density at radius 1 is 0.970 bits per heavy atom. The van der Waals surface area contributed by atoms with Gasteiger partial charge < -0.3 is 4.57 Å². The second-order valence-corrected chi connectivity index (χ2v) is 9.07. The van der Waals surface area contributed by atoms with E-state index in [1.807, 2.05) is 54.7 Å². The molecule has 6 heteroatoms. The Hall–Kier alpha value is -3.98. The number of hydrogen-bond acceptors (Lipinski definition) is 4. The van der Waals surface area contributed by atoms with Gasteiger partial charge in [0.25, 0.3) is 11.8 Å². The Bertz CT molecular complexity index is 1360. The van der Waals surface area contributed by atoms with Crippen molar-refractivity contribution in [3.05, 3.63) is 83.6 Å². The first-order valence-electron chi connectivity index (χ1n) is 11.3. The first-order valence-corrected chi connectivity index (χ1v) is 11.3. The molecule has 33 heavy (non-hydrogen) atoms. The molecule has 2 fully saturated rings. The van der Waals surface area contributed by atoms with Crippen LogP contribution in [0, 0.1) is 35.0 Å². The molecule has 2 bridgehead atoms. The number of benzene rings is 2. The Morgan fingerprint density at radius 3 is 2.33 bits per heavy atom. The lowest BCUT2D eigenvalue weighted by molar-refractivity contribution is -0.140. The molecule has 2 heterocycles. The molecule has 0 N–H and O–H groups in total. The molecule has 3 aliphatic carbocycles. The zero-order chi connectivity index (χ0) is 22.5. The third kappa shape index (κ3) is 3.04. The Morgan fingerprint density at radius 2 is 1.64 bits per heavy atom. The summed E-state index contributed by atoms with van der Waals surface area (Å²) in [7, 11) is 0. The maximum Gasteiger partial charge on any atom is 0.254 e. The largest absolute Gasteiger partial charge is 0.342 e.